The highest BCUT2D eigenvalue weighted by molar-refractivity contribution is 5.95. The fourth-order valence-electron chi connectivity index (χ4n) is 1.43. The normalized spacial score (nSPS) is 9.93. The van der Waals surface area contributed by atoms with Gasteiger partial charge in [-0.05, 0) is 19.8 Å². The highest BCUT2D eigenvalue weighted by Gasteiger charge is 2.04. The molecule has 0 amide bonds. The van der Waals surface area contributed by atoms with E-state index in [0.29, 0.717) is 12.8 Å². The molecule has 0 heterocycles. The van der Waals surface area contributed by atoms with Crippen LogP contribution in [-0.2, 0) is 4.79 Å². The second-order valence-corrected chi connectivity index (χ2v) is 3.70. The molecule has 0 aliphatic carbocycles. The summed E-state index contributed by atoms with van der Waals surface area (Å²) in [6.45, 7) is 1.58. The quantitative estimate of drug-likeness (QED) is 0.527. The van der Waals surface area contributed by atoms with Crippen LogP contribution in [0.2, 0.25) is 0 Å². The van der Waals surface area contributed by atoms with Crippen molar-refractivity contribution in [3.05, 3.63) is 35.9 Å². The molecule has 0 atom stereocenters. The first-order chi connectivity index (χ1) is 7.20. The van der Waals surface area contributed by atoms with Gasteiger partial charge in [0.15, 0.2) is 5.78 Å². The molecule has 1 rings (SSSR count). The van der Waals surface area contributed by atoms with E-state index in [9.17, 15) is 9.59 Å². The van der Waals surface area contributed by atoms with Crippen LogP contribution in [0.3, 0.4) is 0 Å². The summed E-state index contributed by atoms with van der Waals surface area (Å²) in [5.41, 5.74) is 0.764. The second-order valence-electron chi connectivity index (χ2n) is 3.70. The van der Waals surface area contributed by atoms with Crippen molar-refractivity contribution < 1.29 is 9.59 Å². The molecule has 2 nitrogen and oxygen atoms in total. The van der Waals surface area contributed by atoms with E-state index in [1.807, 2.05) is 30.3 Å². The lowest BCUT2D eigenvalue weighted by Crippen LogP contribution is -1.99. The third-order valence-corrected chi connectivity index (χ3v) is 2.28. The molecule has 0 aromatic heterocycles. The zero-order valence-corrected chi connectivity index (χ0v) is 9.03. The molecule has 15 heavy (non-hydrogen) atoms. The highest BCUT2D eigenvalue weighted by Crippen LogP contribution is 2.07. The van der Waals surface area contributed by atoms with Crippen LogP contribution in [0.4, 0.5) is 0 Å². The highest BCUT2D eigenvalue weighted by atomic mass is 16.1. The predicted molar refractivity (Wildman–Crippen MR) is 59.9 cm³/mol. The summed E-state index contributed by atoms with van der Waals surface area (Å²) < 4.78 is 0. The van der Waals surface area contributed by atoms with Gasteiger partial charge in [-0.1, -0.05) is 30.3 Å². The van der Waals surface area contributed by atoms with Gasteiger partial charge in [0.2, 0.25) is 0 Å². The molecule has 0 saturated carbocycles. The average molecular weight is 204 g/mol. The van der Waals surface area contributed by atoms with Crippen molar-refractivity contribution in [1.29, 1.82) is 0 Å². The lowest BCUT2D eigenvalue weighted by molar-refractivity contribution is -0.117. The summed E-state index contributed by atoms with van der Waals surface area (Å²) in [6.07, 6.45) is 2.74. The Morgan fingerprint density at radius 1 is 1.00 bits per heavy atom. The average Bonchev–Trinajstić information content (AvgIpc) is 2.25. The van der Waals surface area contributed by atoms with Crippen LogP contribution in [0.15, 0.2) is 30.3 Å². The maximum absolute atomic E-state index is 11.6. The number of carbonyl (C=O) groups is 2. The lowest BCUT2D eigenvalue weighted by Gasteiger charge is -1.99. The van der Waals surface area contributed by atoms with Gasteiger partial charge in [-0.2, -0.15) is 0 Å². The van der Waals surface area contributed by atoms with Crippen LogP contribution in [0.1, 0.15) is 43.0 Å². The molecular weight excluding hydrogens is 188 g/mol. The lowest BCUT2D eigenvalue weighted by atomic mass is 10.0. The smallest absolute Gasteiger partial charge is 0.162 e. The minimum absolute atomic E-state index is 0.166. The number of carbonyl (C=O) groups excluding carboxylic acids is 2. The summed E-state index contributed by atoms with van der Waals surface area (Å²) in [5, 5.41) is 0. The number of unbranched alkanes of at least 4 members (excludes halogenated alkanes) is 1. The second kappa shape index (κ2) is 6.12. The molecule has 1 aromatic carbocycles. The summed E-state index contributed by atoms with van der Waals surface area (Å²) >= 11 is 0. The number of hydrogen-bond donors (Lipinski definition) is 0. The molecule has 0 bridgehead atoms. The molecule has 1 aromatic rings. The van der Waals surface area contributed by atoms with Crippen LogP contribution >= 0.6 is 0 Å². The number of hydrogen-bond acceptors (Lipinski definition) is 2. The SMILES string of the molecule is CC(=O)CCCCC(=O)c1ccccc1. The van der Waals surface area contributed by atoms with Crippen LogP contribution in [0, 0.1) is 0 Å². The van der Waals surface area contributed by atoms with Gasteiger partial charge in [-0.15, -0.1) is 0 Å². The first-order valence-corrected chi connectivity index (χ1v) is 5.28. The Kier molecular flexibility index (Phi) is 4.75. The predicted octanol–water partition coefficient (Wildman–Crippen LogP) is 3.02. The van der Waals surface area contributed by atoms with Gasteiger partial charge in [0.25, 0.3) is 0 Å². The number of benzene rings is 1. The van der Waals surface area contributed by atoms with E-state index < -0.39 is 0 Å². The van der Waals surface area contributed by atoms with Crippen molar-refractivity contribution in [2.75, 3.05) is 0 Å². The maximum atomic E-state index is 11.6. The summed E-state index contributed by atoms with van der Waals surface area (Å²) in [6, 6.07) is 9.28. The van der Waals surface area contributed by atoms with Gasteiger partial charge in [0.1, 0.15) is 5.78 Å². The van der Waals surface area contributed by atoms with Crippen molar-refractivity contribution >= 4 is 11.6 Å². The Hall–Kier alpha value is -1.44. The molecule has 0 aliphatic heterocycles. The number of rotatable bonds is 6. The monoisotopic (exact) mass is 204 g/mol. The Bertz CT molecular complexity index is 328. The molecule has 0 unspecified atom stereocenters. The fourth-order valence-corrected chi connectivity index (χ4v) is 1.43. The Balaban J connectivity index is 2.28. The van der Waals surface area contributed by atoms with E-state index in [4.69, 9.17) is 0 Å². The first-order valence-electron chi connectivity index (χ1n) is 5.28. The van der Waals surface area contributed by atoms with Gasteiger partial charge in [-0.3, -0.25) is 4.79 Å². The molecule has 0 radical (unpaired) electrons. The summed E-state index contributed by atoms with van der Waals surface area (Å²) in [7, 11) is 0. The van der Waals surface area contributed by atoms with Crippen molar-refractivity contribution in [3.8, 4) is 0 Å². The molecule has 0 fully saturated rings. The van der Waals surface area contributed by atoms with E-state index in [2.05, 4.69) is 0 Å². The van der Waals surface area contributed by atoms with Crippen LogP contribution < -0.4 is 0 Å². The van der Waals surface area contributed by atoms with Gasteiger partial charge >= 0.3 is 0 Å². The molecular formula is C13H16O2. The third kappa shape index (κ3) is 4.54. The first kappa shape index (κ1) is 11.6. The van der Waals surface area contributed by atoms with Gasteiger partial charge in [-0.25, -0.2) is 0 Å². The minimum atomic E-state index is 0.166. The molecule has 2 heteroatoms. The molecule has 0 aliphatic rings. The van der Waals surface area contributed by atoms with E-state index >= 15 is 0 Å². The largest absolute Gasteiger partial charge is 0.300 e. The third-order valence-electron chi connectivity index (χ3n) is 2.28. The van der Waals surface area contributed by atoms with Gasteiger partial charge < -0.3 is 4.79 Å². The van der Waals surface area contributed by atoms with Crippen molar-refractivity contribution in [2.24, 2.45) is 0 Å². The van der Waals surface area contributed by atoms with Crippen LogP contribution in [0.25, 0.3) is 0 Å². The molecule has 0 N–H and O–H groups in total. The maximum Gasteiger partial charge on any atom is 0.162 e. The Morgan fingerprint density at radius 3 is 2.20 bits per heavy atom. The topological polar surface area (TPSA) is 34.1 Å². The zero-order valence-electron chi connectivity index (χ0n) is 9.03. The molecule has 0 saturated heterocycles. The van der Waals surface area contributed by atoms with E-state index in [-0.39, 0.29) is 11.6 Å². The van der Waals surface area contributed by atoms with E-state index in [1.54, 1.807) is 6.92 Å². The van der Waals surface area contributed by atoms with Crippen molar-refractivity contribution in [2.45, 2.75) is 32.6 Å². The Morgan fingerprint density at radius 2 is 1.60 bits per heavy atom. The van der Waals surface area contributed by atoms with Crippen LogP contribution in [-0.4, -0.2) is 11.6 Å². The van der Waals surface area contributed by atoms with Crippen LogP contribution in [0.5, 0.6) is 0 Å². The minimum Gasteiger partial charge on any atom is -0.300 e. The van der Waals surface area contributed by atoms with Crippen molar-refractivity contribution in [1.82, 2.24) is 0 Å². The van der Waals surface area contributed by atoms with Gasteiger partial charge in [0.05, 0.1) is 0 Å². The Labute approximate surface area is 90.3 Å². The fraction of sp³-hybridized carbons (Fsp3) is 0.385. The van der Waals surface area contributed by atoms with E-state index in [0.717, 1.165) is 18.4 Å². The molecule has 80 valence electrons. The van der Waals surface area contributed by atoms with Crippen molar-refractivity contribution in [3.63, 3.8) is 0 Å². The standard InChI is InChI=1S/C13H16O2/c1-11(14)7-5-6-10-13(15)12-8-3-2-4-9-12/h2-4,8-9H,5-7,10H2,1H3. The van der Waals surface area contributed by atoms with Gasteiger partial charge in [0, 0.05) is 18.4 Å². The summed E-state index contributed by atoms with van der Waals surface area (Å²) in [5.74, 6) is 0.362. The number of ketones is 2. The summed E-state index contributed by atoms with van der Waals surface area (Å²) in [4.78, 5) is 22.3. The number of Topliss-reactive ketones (excluding diaryl/α,β-unsaturated/α-hetero) is 2. The zero-order chi connectivity index (χ0) is 11.1. The van der Waals surface area contributed by atoms with E-state index in [1.165, 1.54) is 0 Å². The molecule has 0 spiro atoms.